The van der Waals surface area contributed by atoms with E-state index in [0.717, 1.165) is 0 Å². The standard InChI is InChI=1S/C8H12N5O6P/c9-8-11-6-5(7(15)13(8)20(16,17)18)10-3-12(6)4-19-2-1-14/h3,14H,1-2,4H2,(H2,9,11)(H2,16,17,18). The van der Waals surface area contributed by atoms with Gasteiger partial charge in [-0.25, -0.2) is 9.55 Å². The van der Waals surface area contributed by atoms with Gasteiger partial charge in [0, 0.05) is 0 Å². The van der Waals surface area contributed by atoms with Crippen LogP contribution in [0, 0.1) is 0 Å². The van der Waals surface area contributed by atoms with Gasteiger partial charge in [-0.05, 0) is 0 Å². The van der Waals surface area contributed by atoms with Gasteiger partial charge in [0.15, 0.2) is 11.2 Å². The number of anilines is 1. The smallest absolute Gasteiger partial charge is 0.394 e. The van der Waals surface area contributed by atoms with E-state index in [1.165, 1.54) is 10.9 Å². The molecule has 0 aliphatic carbocycles. The summed E-state index contributed by atoms with van der Waals surface area (Å²) in [5, 5.41) is 8.60. The van der Waals surface area contributed by atoms with Crippen LogP contribution >= 0.6 is 7.75 Å². The molecule has 0 saturated carbocycles. The number of hydrogen-bond acceptors (Lipinski definition) is 7. The van der Waals surface area contributed by atoms with Crippen LogP contribution in [0.4, 0.5) is 5.95 Å². The minimum absolute atomic E-state index is 0.0372. The van der Waals surface area contributed by atoms with Crippen LogP contribution in [-0.2, 0) is 16.0 Å². The molecule has 110 valence electrons. The molecule has 0 aliphatic heterocycles. The molecule has 0 fully saturated rings. The second-order valence-corrected chi connectivity index (χ2v) is 5.17. The lowest BCUT2D eigenvalue weighted by molar-refractivity contribution is 0.0499. The van der Waals surface area contributed by atoms with E-state index < -0.39 is 19.3 Å². The normalized spacial score (nSPS) is 12.2. The number of aliphatic hydroxyl groups is 1. The van der Waals surface area contributed by atoms with Gasteiger partial charge in [-0.1, -0.05) is 0 Å². The zero-order valence-electron chi connectivity index (χ0n) is 10.1. The Kier molecular flexibility index (Phi) is 3.88. The van der Waals surface area contributed by atoms with E-state index in [9.17, 15) is 9.36 Å². The monoisotopic (exact) mass is 305 g/mol. The van der Waals surface area contributed by atoms with Gasteiger partial charge in [0.05, 0.1) is 19.5 Å². The average molecular weight is 305 g/mol. The van der Waals surface area contributed by atoms with E-state index in [0.29, 0.717) is 0 Å². The first kappa shape index (κ1) is 14.6. The van der Waals surface area contributed by atoms with Crippen LogP contribution in [0.3, 0.4) is 0 Å². The first-order chi connectivity index (χ1) is 9.36. The van der Waals surface area contributed by atoms with Crippen molar-refractivity contribution in [3.05, 3.63) is 16.7 Å². The van der Waals surface area contributed by atoms with Gasteiger partial charge in [0.1, 0.15) is 6.73 Å². The fourth-order valence-corrected chi connectivity index (χ4v) is 2.22. The zero-order chi connectivity index (χ0) is 14.9. The molecule has 20 heavy (non-hydrogen) atoms. The topological polar surface area (TPSA) is 166 Å². The largest absolute Gasteiger partial charge is 0.439 e. The first-order valence-electron chi connectivity index (χ1n) is 5.34. The van der Waals surface area contributed by atoms with Gasteiger partial charge in [0.25, 0.3) is 5.56 Å². The summed E-state index contributed by atoms with van der Waals surface area (Å²) < 4.78 is 17.6. The van der Waals surface area contributed by atoms with Gasteiger partial charge >= 0.3 is 7.75 Å². The van der Waals surface area contributed by atoms with Crippen LogP contribution in [0.2, 0.25) is 0 Å². The fourth-order valence-electron chi connectivity index (χ4n) is 1.58. The fraction of sp³-hybridized carbons (Fsp3) is 0.375. The van der Waals surface area contributed by atoms with Crippen LogP contribution < -0.4 is 11.3 Å². The van der Waals surface area contributed by atoms with Crippen molar-refractivity contribution in [1.82, 2.24) is 18.9 Å². The average Bonchev–Trinajstić information content (AvgIpc) is 2.71. The van der Waals surface area contributed by atoms with Crippen molar-refractivity contribution in [1.29, 1.82) is 0 Å². The molecule has 2 rings (SSSR count). The summed E-state index contributed by atoms with van der Waals surface area (Å²) >= 11 is 0. The third-order valence-corrected chi connectivity index (χ3v) is 3.28. The molecule has 2 aromatic heterocycles. The maximum atomic E-state index is 11.9. The minimum atomic E-state index is -4.91. The Balaban J connectivity index is 2.55. The van der Waals surface area contributed by atoms with E-state index in [-0.39, 0.29) is 35.4 Å². The summed E-state index contributed by atoms with van der Waals surface area (Å²) in [4.78, 5) is 37.5. The highest BCUT2D eigenvalue weighted by Gasteiger charge is 2.25. The van der Waals surface area contributed by atoms with Crippen molar-refractivity contribution in [2.45, 2.75) is 6.73 Å². The molecule has 11 nitrogen and oxygen atoms in total. The van der Waals surface area contributed by atoms with Gasteiger partial charge in [-0.15, -0.1) is 0 Å². The summed E-state index contributed by atoms with van der Waals surface area (Å²) in [7, 11) is -4.91. The predicted molar refractivity (Wildman–Crippen MR) is 66.7 cm³/mol. The van der Waals surface area contributed by atoms with E-state index in [4.69, 9.17) is 25.4 Å². The zero-order valence-corrected chi connectivity index (χ0v) is 11.0. The van der Waals surface area contributed by atoms with Gasteiger partial charge in [0.2, 0.25) is 5.95 Å². The van der Waals surface area contributed by atoms with E-state index in [1.807, 2.05) is 0 Å². The molecular formula is C8H12N5O6P. The molecule has 12 heteroatoms. The molecule has 0 aliphatic rings. The number of hydrogen-bond donors (Lipinski definition) is 4. The van der Waals surface area contributed by atoms with E-state index in [1.54, 1.807) is 0 Å². The number of nitrogens with two attached hydrogens (primary N) is 1. The van der Waals surface area contributed by atoms with E-state index >= 15 is 0 Å². The maximum absolute atomic E-state index is 11.9. The molecule has 0 bridgehead atoms. The van der Waals surface area contributed by atoms with Crippen molar-refractivity contribution in [3.8, 4) is 0 Å². The number of rotatable bonds is 5. The lowest BCUT2D eigenvalue weighted by atomic mass is 10.5. The predicted octanol–water partition coefficient (Wildman–Crippen LogP) is -1.92. The maximum Gasteiger partial charge on any atom is 0.439 e. The molecule has 0 unspecified atom stereocenters. The number of aromatic nitrogens is 4. The van der Waals surface area contributed by atoms with Crippen molar-refractivity contribution >= 4 is 24.9 Å². The summed E-state index contributed by atoms with van der Waals surface area (Å²) in [6, 6.07) is 0. The van der Waals surface area contributed by atoms with Crippen molar-refractivity contribution < 1.29 is 24.2 Å². The minimum Gasteiger partial charge on any atom is -0.394 e. The van der Waals surface area contributed by atoms with E-state index in [2.05, 4.69) is 9.97 Å². The third-order valence-electron chi connectivity index (χ3n) is 2.37. The number of nitrogen functional groups attached to an aromatic ring is 1. The van der Waals surface area contributed by atoms with Crippen LogP contribution in [-0.4, -0.2) is 47.0 Å². The Bertz CT molecular complexity index is 733. The van der Waals surface area contributed by atoms with Gasteiger partial charge in [-0.3, -0.25) is 9.36 Å². The number of imidazole rings is 1. The highest BCUT2D eigenvalue weighted by atomic mass is 31.2. The number of ether oxygens (including phenoxy) is 1. The first-order valence-corrected chi connectivity index (χ1v) is 6.91. The van der Waals surface area contributed by atoms with Crippen LogP contribution in [0.25, 0.3) is 11.2 Å². The Morgan fingerprint density at radius 1 is 1.45 bits per heavy atom. The number of aliphatic hydroxyl groups excluding tert-OH is 1. The molecular weight excluding hydrogens is 293 g/mol. The summed E-state index contributed by atoms with van der Waals surface area (Å²) in [5.41, 5.74) is 4.15. The highest BCUT2D eigenvalue weighted by Crippen LogP contribution is 2.36. The molecule has 0 saturated heterocycles. The number of fused-ring (bicyclic) bond motifs is 1. The molecule has 0 amide bonds. The van der Waals surface area contributed by atoms with Crippen LogP contribution in [0.15, 0.2) is 11.1 Å². The Morgan fingerprint density at radius 2 is 2.15 bits per heavy atom. The lowest BCUT2D eigenvalue weighted by Crippen LogP contribution is -2.23. The Labute approximate surface area is 111 Å². The Morgan fingerprint density at radius 3 is 2.75 bits per heavy atom. The van der Waals surface area contributed by atoms with Crippen molar-refractivity contribution in [2.24, 2.45) is 0 Å². The van der Waals surface area contributed by atoms with Crippen molar-refractivity contribution in [3.63, 3.8) is 0 Å². The van der Waals surface area contributed by atoms with Gasteiger partial charge in [-0.2, -0.15) is 9.32 Å². The molecule has 0 aromatic carbocycles. The highest BCUT2D eigenvalue weighted by molar-refractivity contribution is 7.50. The molecule has 0 spiro atoms. The molecule has 2 heterocycles. The quantitative estimate of drug-likeness (QED) is 0.364. The van der Waals surface area contributed by atoms with Crippen LogP contribution in [0.5, 0.6) is 0 Å². The lowest BCUT2D eigenvalue weighted by Gasteiger charge is -2.10. The van der Waals surface area contributed by atoms with Crippen molar-refractivity contribution in [2.75, 3.05) is 18.9 Å². The number of nitrogens with zero attached hydrogens (tertiary/aromatic N) is 4. The summed E-state index contributed by atoms with van der Waals surface area (Å²) in [6.45, 7) is -0.134. The molecule has 2 aromatic rings. The second-order valence-electron chi connectivity index (χ2n) is 3.75. The molecule has 0 atom stereocenters. The molecule has 0 radical (unpaired) electrons. The SMILES string of the molecule is Nc1nc2c(ncn2COCCO)c(=O)n1P(=O)(O)O. The Hall–Kier alpha value is -1.78. The molecule has 5 N–H and O–H groups in total. The van der Waals surface area contributed by atoms with Gasteiger partial charge < -0.3 is 25.4 Å². The summed E-state index contributed by atoms with van der Waals surface area (Å²) in [5.74, 6) is -0.625. The van der Waals surface area contributed by atoms with Crippen LogP contribution in [0.1, 0.15) is 0 Å². The summed E-state index contributed by atoms with van der Waals surface area (Å²) in [6.07, 6.45) is 1.22. The second kappa shape index (κ2) is 5.31. The third kappa shape index (κ3) is 2.57.